The van der Waals surface area contributed by atoms with E-state index in [2.05, 4.69) is 12.2 Å². The summed E-state index contributed by atoms with van der Waals surface area (Å²) in [6, 6.07) is -0.0401. The van der Waals surface area contributed by atoms with Gasteiger partial charge in [-0.3, -0.25) is 4.79 Å². The predicted molar refractivity (Wildman–Crippen MR) is 73.5 cm³/mol. The van der Waals surface area contributed by atoms with Crippen molar-refractivity contribution in [3.05, 3.63) is 11.6 Å². The van der Waals surface area contributed by atoms with Crippen LogP contribution in [0.2, 0.25) is 0 Å². The van der Waals surface area contributed by atoms with Crippen LogP contribution < -0.4 is 11.1 Å². The molecule has 0 spiro atoms. The molecular formula is C14H24N2O3. The molecule has 0 aliphatic heterocycles. The first-order chi connectivity index (χ1) is 8.85. The van der Waals surface area contributed by atoms with E-state index in [0.717, 1.165) is 12.8 Å². The first-order valence-electron chi connectivity index (χ1n) is 6.81. The second-order valence-corrected chi connectivity index (χ2v) is 5.42. The van der Waals surface area contributed by atoms with Crippen molar-refractivity contribution in [1.29, 1.82) is 0 Å². The Labute approximate surface area is 114 Å². The lowest BCUT2D eigenvalue weighted by Gasteiger charge is -2.27. The van der Waals surface area contributed by atoms with Crippen LogP contribution in [0.3, 0.4) is 0 Å². The van der Waals surface area contributed by atoms with Crippen molar-refractivity contribution in [3.8, 4) is 0 Å². The maximum atomic E-state index is 11.1. The maximum Gasteiger partial charge on any atom is 0.331 e. The zero-order chi connectivity index (χ0) is 14.6. The Kier molecular flexibility index (Phi) is 5.54. The fourth-order valence-electron chi connectivity index (χ4n) is 2.77. The molecule has 0 heterocycles. The summed E-state index contributed by atoms with van der Waals surface area (Å²) in [4.78, 5) is 22.0. The van der Waals surface area contributed by atoms with Gasteiger partial charge >= 0.3 is 5.97 Å². The lowest BCUT2D eigenvalue weighted by Crippen LogP contribution is -2.38. The molecule has 4 atom stereocenters. The van der Waals surface area contributed by atoms with Gasteiger partial charge in [-0.05, 0) is 31.6 Å². The molecule has 0 aromatic rings. The number of nitrogens with two attached hydrogens (primary N) is 1. The zero-order valence-corrected chi connectivity index (χ0v) is 11.8. The van der Waals surface area contributed by atoms with Crippen LogP contribution in [0.5, 0.6) is 0 Å². The number of carboxylic acids is 1. The first kappa shape index (κ1) is 15.7. The molecule has 4 N–H and O–H groups in total. The molecule has 1 rings (SSSR count). The van der Waals surface area contributed by atoms with Gasteiger partial charge in [-0.25, -0.2) is 4.79 Å². The molecule has 5 heteroatoms. The molecule has 0 fully saturated rings. The summed E-state index contributed by atoms with van der Waals surface area (Å²) in [5, 5.41) is 11.9. The number of amides is 1. The highest BCUT2D eigenvalue weighted by atomic mass is 16.4. The minimum atomic E-state index is -0.874. The second kappa shape index (κ2) is 6.70. The number of hydrogen-bond acceptors (Lipinski definition) is 3. The van der Waals surface area contributed by atoms with Gasteiger partial charge in [-0.2, -0.15) is 0 Å². The smallest absolute Gasteiger partial charge is 0.331 e. The summed E-state index contributed by atoms with van der Waals surface area (Å²) < 4.78 is 0. The third kappa shape index (κ3) is 4.35. The highest BCUT2D eigenvalue weighted by Crippen LogP contribution is 2.30. The van der Waals surface area contributed by atoms with Crippen LogP contribution >= 0.6 is 0 Å². The SMILES string of the molecule is CCC(CC1C=C(C(=O)O)CC1N)C(C)NC(C)=O. The Hall–Kier alpha value is -1.36. The summed E-state index contributed by atoms with van der Waals surface area (Å²) in [6.45, 7) is 5.57. The number of hydrogen-bond donors (Lipinski definition) is 3. The topological polar surface area (TPSA) is 92.4 Å². The van der Waals surface area contributed by atoms with Crippen molar-refractivity contribution in [1.82, 2.24) is 5.32 Å². The van der Waals surface area contributed by atoms with Crippen LogP contribution in [0.25, 0.3) is 0 Å². The maximum absolute atomic E-state index is 11.1. The molecule has 0 bridgehead atoms. The van der Waals surface area contributed by atoms with E-state index < -0.39 is 5.97 Å². The molecule has 0 aromatic heterocycles. The number of nitrogens with one attached hydrogen (secondary N) is 1. The summed E-state index contributed by atoms with van der Waals surface area (Å²) in [7, 11) is 0. The number of rotatable bonds is 6. The molecule has 0 saturated carbocycles. The van der Waals surface area contributed by atoms with E-state index in [1.54, 1.807) is 6.08 Å². The van der Waals surface area contributed by atoms with E-state index in [-0.39, 0.29) is 23.9 Å². The molecule has 1 aliphatic carbocycles. The van der Waals surface area contributed by atoms with Gasteiger partial charge in [0.1, 0.15) is 0 Å². The Morgan fingerprint density at radius 2 is 2.21 bits per heavy atom. The van der Waals surface area contributed by atoms with Gasteiger partial charge in [0, 0.05) is 24.6 Å². The molecule has 0 aromatic carbocycles. The van der Waals surface area contributed by atoms with E-state index >= 15 is 0 Å². The monoisotopic (exact) mass is 268 g/mol. The fraction of sp³-hybridized carbons (Fsp3) is 0.714. The Morgan fingerprint density at radius 3 is 2.63 bits per heavy atom. The van der Waals surface area contributed by atoms with Crippen LogP contribution in [0.1, 0.15) is 40.0 Å². The van der Waals surface area contributed by atoms with Crippen molar-refractivity contribution in [2.45, 2.75) is 52.1 Å². The van der Waals surface area contributed by atoms with E-state index in [9.17, 15) is 9.59 Å². The van der Waals surface area contributed by atoms with Gasteiger partial charge in [0.25, 0.3) is 0 Å². The predicted octanol–water partition coefficient (Wildman–Crippen LogP) is 1.29. The molecule has 19 heavy (non-hydrogen) atoms. The summed E-state index contributed by atoms with van der Waals surface area (Å²) in [5.41, 5.74) is 6.43. The molecule has 1 amide bonds. The van der Waals surface area contributed by atoms with Crippen molar-refractivity contribution in [2.75, 3.05) is 0 Å². The van der Waals surface area contributed by atoms with E-state index in [1.807, 2.05) is 6.92 Å². The summed E-state index contributed by atoms with van der Waals surface area (Å²) in [5.74, 6) is -0.513. The molecule has 5 nitrogen and oxygen atoms in total. The highest BCUT2D eigenvalue weighted by molar-refractivity contribution is 5.87. The summed E-state index contributed by atoms with van der Waals surface area (Å²) >= 11 is 0. The normalized spacial score (nSPS) is 25.6. The van der Waals surface area contributed by atoms with Crippen LogP contribution in [0.4, 0.5) is 0 Å². The lowest BCUT2D eigenvalue weighted by atomic mass is 9.85. The number of carbonyl (C=O) groups is 2. The van der Waals surface area contributed by atoms with Crippen LogP contribution in [-0.2, 0) is 9.59 Å². The summed E-state index contributed by atoms with van der Waals surface area (Å²) in [6.07, 6.45) is 3.97. The van der Waals surface area contributed by atoms with Crippen molar-refractivity contribution >= 4 is 11.9 Å². The number of carbonyl (C=O) groups excluding carboxylic acids is 1. The second-order valence-electron chi connectivity index (χ2n) is 5.42. The Bertz CT molecular complexity index is 379. The van der Waals surface area contributed by atoms with Gasteiger partial charge in [0.05, 0.1) is 0 Å². The van der Waals surface area contributed by atoms with Gasteiger partial charge in [-0.15, -0.1) is 0 Å². The van der Waals surface area contributed by atoms with Crippen molar-refractivity contribution in [2.24, 2.45) is 17.6 Å². The number of carboxylic acid groups (broad SMARTS) is 1. The third-order valence-electron chi connectivity index (χ3n) is 3.93. The lowest BCUT2D eigenvalue weighted by molar-refractivity contribution is -0.132. The van der Waals surface area contributed by atoms with E-state index in [4.69, 9.17) is 10.8 Å². The number of aliphatic carboxylic acids is 1. The minimum absolute atomic E-state index is 0.0385. The van der Waals surface area contributed by atoms with Gasteiger partial charge in [0.2, 0.25) is 5.91 Å². The molecular weight excluding hydrogens is 244 g/mol. The highest BCUT2D eigenvalue weighted by Gasteiger charge is 2.30. The first-order valence-corrected chi connectivity index (χ1v) is 6.81. The fourth-order valence-corrected chi connectivity index (χ4v) is 2.77. The Morgan fingerprint density at radius 1 is 1.58 bits per heavy atom. The molecule has 0 radical (unpaired) electrons. The minimum Gasteiger partial charge on any atom is -0.478 e. The van der Waals surface area contributed by atoms with Crippen molar-refractivity contribution < 1.29 is 14.7 Å². The molecule has 1 aliphatic rings. The van der Waals surface area contributed by atoms with Crippen LogP contribution in [0, 0.1) is 11.8 Å². The Balaban J connectivity index is 2.65. The molecule has 4 unspecified atom stereocenters. The zero-order valence-electron chi connectivity index (χ0n) is 11.8. The van der Waals surface area contributed by atoms with Gasteiger partial charge in [-0.1, -0.05) is 19.4 Å². The average Bonchev–Trinajstić information content (AvgIpc) is 2.66. The third-order valence-corrected chi connectivity index (χ3v) is 3.93. The quantitative estimate of drug-likeness (QED) is 0.676. The largest absolute Gasteiger partial charge is 0.478 e. The van der Waals surface area contributed by atoms with Crippen LogP contribution in [-0.4, -0.2) is 29.1 Å². The van der Waals surface area contributed by atoms with Gasteiger partial charge in [0.15, 0.2) is 0 Å². The molecule has 0 saturated heterocycles. The van der Waals surface area contributed by atoms with E-state index in [1.165, 1.54) is 6.92 Å². The van der Waals surface area contributed by atoms with E-state index in [0.29, 0.717) is 17.9 Å². The van der Waals surface area contributed by atoms with Gasteiger partial charge < -0.3 is 16.2 Å². The average molecular weight is 268 g/mol. The standard InChI is InChI=1S/C14H24N2O3/c1-4-10(8(2)16-9(3)17)5-11-6-12(14(18)19)7-13(11)15/h6,8,10-11,13H,4-5,7,15H2,1-3H3,(H,16,17)(H,18,19). The molecule has 108 valence electrons. The van der Waals surface area contributed by atoms with Crippen molar-refractivity contribution in [3.63, 3.8) is 0 Å². The van der Waals surface area contributed by atoms with Crippen LogP contribution in [0.15, 0.2) is 11.6 Å².